The lowest BCUT2D eigenvalue weighted by molar-refractivity contribution is 0.102. The molecule has 3 heterocycles. The Morgan fingerprint density at radius 3 is 2.96 bits per heavy atom. The second kappa shape index (κ2) is 6.98. The number of nitrogens with zero attached hydrogens (tertiary/aromatic N) is 2. The van der Waals surface area contributed by atoms with Crippen molar-refractivity contribution in [3.8, 4) is 0 Å². The van der Waals surface area contributed by atoms with Crippen molar-refractivity contribution in [1.82, 2.24) is 9.88 Å². The Morgan fingerprint density at radius 2 is 2.26 bits per heavy atom. The summed E-state index contributed by atoms with van der Waals surface area (Å²) in [5.74, 6) is -0.172. The van der Waals surface area contributed by atoms with Crippen LogP contribution in [0.2, 0.25) is 0 Å². The molecule has 6 nitrogen and oxygen atoms in total. The standard InChI is InChI=1S/C14H14BrN3O3S2/c1-2-21-14(20)18-6-5-8-10(7-18)23-13(16-8)17-12(19)9-3-4-11(15)22-9/h3-4H,2,5-7H2,1H3,(H,16,17,19). The molecule has 0 bridgehead atoms. The summed E-state index contributed by atoms with van der Waals surface area (Å²) in [7, 11) is 0. The van der Waals surface area contributed by atoms with Crippen molar-refractivity contribution in [1.29, 1.82) is 0 Å². The van der Waals surface area contributed by atoms with Gasteiger partial charge < -0.3 is 9.64 Å². The average molecular weight is 416 g/mol. The number of thiophene rings is 1. The van der Waals surface area contributed by atoms with Gasteiger partial charge in [-0.25, -0.2) is 9.78 Å². The summed E-state index contributed by atoms with van der Waals surface area (Å²) in [5.41, 5.74) is 0.943. The third kappa shape index (κ3) is 3.73. The lowest BCUT2D eigenvalue weighted by atomic mass is 10.2. The molecule has 0 radical (unpaired) electrons. The summed E-state index contributed by atoms with van der Waals surface area (Å²) in [4.78, 5) is 31.7. The number of nitrogens with one attached hydrogen (secondary N) is 1. The first kappa shape index (κ1) is 16.4. The zero-order valence-corrected chi connectivity index (χ0v) is 15.5. The molecule has 0 saturated carbocycles. The highest BCUT2D eigenvalue weighted by atomic mass is 79.9. The van der Waals surface area contributed by atoms with Gasteiger partial charge in [0, 0.05) is 17.8 Å². The van der Waals surface area contributed by atoms with E-state index in [9.17, 15) is 9.59 Å². The molecule has 0 atom stereocenters. The first-order chi connectivity index (χ1) is 11.1. The molecule has 0 unspecified atom stereocenters. The third-order valence-electron chi connectivity index (χ3n) is 3.27. The lowest BCUT2D eigenvalue weighted by Gasteiger charge is -2.24. The number of ether oxygens (including phenoxy) is 1. The van der Waals surface area contributed by atoms with Crippen LogP contribution in [0.4, 0.5) is 9.93 Å². The molecule has 3 rings (SSSR count). The minimum atomic E-state index is -0.305. The van der Waals surface area contributed by atoms with Crippen molar-refractivity contribution in [2.75, 3.05) is 18.5 Å². The third-order valence-corrected chi connectivity index (χ3v) is 5.89. The molecule has 0 spiro atoms. The highest BCUT2D eigenvalue weighted by molar-refractivity contribution is 9.11. The van der Waals surface area contributed by atoms with E-state index in [1.807, 2.05) is 6.07 Å². The summed E-state index contributed by atoms with van der Waals surface area (Å²) >= 11 is 6.12. The molecule has 9 heteroatoms. The van der Waals surface area contributed by atoms with E-state index in [1.165, 1.54) is 22.7 Å². The molecule has 1 N–H and O–H groups in total. The van der Waals surface area contributed by atoms with Gasteiger partial charge in [0.2, 0.25) is 0 Å². The first-order valence-electron chi connectivity index (χ1n) is 7.03. The summed E-state index contributed by atoms with van der Waals surface area (Å²) in [6.45, 7) is 3.21. The number of thiazole rings is 1. The zero-order valence-electron chi connectivity index (χ0n) is 12.3. The highest BCUT2D eigenvalue weighted by Gasteiger charge is 2.25. The highest BCUT2D eigenvalue weighted by Crippen LogP contribution is 2.29. The molecule has 23 heavy (non-hydrogen) atoms. The van der Waals surface area contributed by atoms with Crippen molar-refractivity contribution < 1.29 is 14.3 Å². The van der Waals surface area contributed by atoms with Crippen LogP contribution < -0.4 is 5.32 Å². The minimum Gasteiger partial charge on any atom is -0.450 e. The number of anilines is 1. The van der Waals surface area contributed by atoms with E-state index in [2.05, 4.69) is 26.2 Å². The lowest BCUT2D eigenvalue weighted by Crippen LogP contribution is -2.35. The van der Waals surface area contributed by atoms with Crippen molar-refractivity contribution in [3.63, 3.8) is 0 Å². The number of hydrogen-bond acceptors (Lipinski definition) is 6. The largest absolute Gasteiger partial charge is 0.450 e. The molecular formula is C14H14BrN3O3S2. The fourth-order valence-corrected chi connectivity index (χ4v) is 4.51. The predicted molar refractivity (Wildman–Crippen MR) is 93.2 cm³/mol. The van der Waals surface area contributed by atoms with Gasteiger partial charge in [0.15, 0.2) is 5.13 Å². The molecule has 122 valence electrons. The van der Waals surface area contributed by atoms with Gasteiger partial charge in [0.25, 0.3) is 5.91 Å². The van der Waals surface area contributed by atoms with E-state index in [4.69, 9.17) is 4.74 Å². The van der Waals surface area contributed by atoms with Gasteiger partial charge in [-0.05, 0) is 35.0 Å². The van der Waals surface area contributed by atoms with Gasteiger partial charge in [-0.15, -0.1) is 11.3 Å². The van der Waals surface area contributed by atoms with Gasteiger partial charge in [-0.2, -0.15) is 0 Å². The Morgan fingerprint density at radius 1 is 1.43 bits per heavy atom. The van der Waals surface area contributed by atoms with Crippen LogP contribution in [-0.4, -0.2) is 35.0 Å². The second-order valence-corrected chi connectivity index (χ2v) is 8.36. The zero-order chi connectivity index (χ0) is 16.4. The molecule has 0 aliphatic carbocycles. The van der Waals surface area contributed by atoms with E-state index >= 15 is 0 Å². The van der Waals surface area contributed by atoms with E-state index < -0.39 is 0 Å². The van der Waals surface area contributed by atoms with Gasteiger partial charge in [-0.3, -0.25) is 10.1 Å². The van der Waals surface area contributed by atoms with Crippen LogP contribution in [0.5, 0.6) is 0 Å². The van der Waals surface area contributed by atoms with Crippen LogP contribution in [0.3, 0.4) is 0 Å². The van der Waals surface area contributed by atoms with Crippen molar-refractivity contribution in [3.05, 3.63) is 31.4 Å². The molecule has 1 aliphatic rings. The molecule has 0 fully saturated rings. The fraction of sp³-hybridized carbons (Fsp3) is 0.357. The van der Waals surface area contributed by atoms with Crippen LogP contribution >= 0.6 is 38.6 Å². The number of halogens is 1. The Bertz CT molecular complexity index is 743. The smallest absolute Gasteiger partial charge is 0.410 e. The molecular weight excluding hydrogens is 402 g/mol. The summed E-state index contributed by atoms with van der Waals surface area (Å²) in [6, 6.07) is 3.60. The molecule has 0 saturated heterocycles. The molecule has 2 amide bonds. The van der Waals surface area contributed by atoms with Gasteiger partial charge in [0.05, 0.1) is 27.5 Å². The molecule has 1 aliphatic heterocycles. The summed E-state index contributed by atoms with van der Waals surface area (Å²) in [5, 5.41) is 3.39. The van der Waals surface area contributed by atoms with Crippen LogP contribution in [0.15, 0.2) is 15.9 Å². The number of carbonyl (C=O) groups is 2. The van der Waals surface area contributed by atoms with Gasteiger partial charge >= 0.3 is 6.09 Å². The molecule has 2 aromatic heterocycles. The fourth-order valence-electron chi connectivity index (χ4n) is 2.21. The summed E-state index contributed by atoms with van der Waals surface area (Å²) < 4.78 is 5.93. The Labute approximate surface area is 149 Å². The number of amides is 2. The van der Waals surface area contributed by atoms with Crippen LogP contribution in [0, 0.1) is 0 Å². The van der Waals surface area contributed by atoms with Crippen LogP contribution in [0.25, 0.3) is 0 Å². The Kier molecular flexibility index (Phi) is 4.98. The number of fused-ring (bicyclic) bond motifs is 1. The normalized spacial score (nSPS) is 13.6. The number of rotatable bonds is 3. The van der Waals surface area contributed by atoms with E-state index in [0.29, 0.717) is 36.1 Å². The molecule has 0 aromatic carbocycles. The molecule has 2 aromatic rings. The topological polar surface area (TPSA) is 71.5 Å². The van der Waals surface area contributed by atoms with E-state index in [1.54, 1.807) is 17.9 Å². The Hall–Kier alpha value is -1.45. The van der Waals surface area contributed by atoms with Crippen LogP contribution in [0.1, 0.15) is 27.2 Å². The average Bonchev–Trinajstić information content (AvgIpc) is 3.12. The first-order valence-corrected chi connectivity index (χ1v) is 9.46. The van der Waals surface area contributed by atoms with Crippen molar-refractivity contribution >= 4 is 55.7 Å². The minimum absolute atomic E-state index is 0.172. The number of aromatic nitrogens is 1. The maximum Gasteiger partial charge on any atom is 0.410 e. The number of carbonyl (C=O) groups excluding carboxylic acids is 2. The number of hydrogen-bond donors (Lipinski definition) is 1. The SMILES string of the molecule is CCOC(=O)N1CCc2nc(NC(=O)c3ccc(Br)s3)sc2C1. The monoisotopic (exact) mass is 415 g/mol. The van der Waals surface area contributed by atoms with Crippen molar-refractivity contribution in [2.45, 2.75) is 19.9 Å². The van der Waals surface area contributed by atoms with Gasteiger partial charge in [-0.1, -0.05) is 11.3 Å². The van der Waals surface area contributed by atoms with E-state index in [-0.39, 0.29) is 12.0 Å². The second-order valence-electron chi connectivity index (χ2n) is 4.82. The summed E-state index contributed by atoms with van der Waals surface area (Å²) in [6.07, 6.45) is 0.367. The Balaban J connectivity index is 1.68. The van der Waals surface area contributed by atoms with E-state index in [0.717, 1.165) is 14.4 Å². The predicted octanol–water partition coefficient (Wildman–Crippen LogP) is 3.73. The maximum absolute atomic E-state index is 12.2. The van der Waals surface area contributed by atoms with Crippen LogP contribution in [-0.2, 0) is 17.7 Å². The maximum atomic E-state index is 12.2. The van der Waals surface area contributed by atoms with Gasteiger partial charge in [0.1, 0.15) is 0 Å². The van der Waals surface area contributed by atoms with Crippen molar-refractivity contribution in [2.24, 2.45) is 0 Å². The quantitative estimate of drug-likeness (QED) is 0.828.